The highest BCUT2D eigenvalue weighted by Crippen LogP contribution is 2.19. The first-order valence-electron chi connectivity index (χ1n) is 7.71. The van der Waals surface area contributed by atoms with Crippen molar-refractivity contribution in [3.8, 4) is 0 Å². The van der Waals surface area contributed by atoms with Gasteiger partial charge in [-0.15, -0.1) is 0 Å². The molecule has 0 aliphatic carbocycles. The average Bonchev–Trinajstić information content (AvgIpc) is 2.99. The van der Waals surface area contributed by atoms with Crippen molar-refractivity contribution < 1.29 is 19.1 Å². The molecule has 0 fully saturated rings. The molecule has 5 heteroatoms. The fourth-order valence-corrected chi connectivity index (χ4v) is 2.38. The summed E-state index contributed by atoms with van der Waals surface area (Å²) in [5, 5.41) is 11.9. The fraction of sp³-hybridized carbons (Fsp3) is 0.333. The van der Waals surface area contributed by atoms with Gasteiger partial charge in [-0.25, -0.2) is 4.79 Å². The summed E-state index contributed by atoms with van der Waals surface area (Å²) >= 11 is 0. The largest absolute Gasteiger partial charge is 0.478 e. The lowest BCUT2D eigenvalue weighted by Crippen LogP contribution is -2.26. The molecule has 1 amide bonds. The normalized spacial score (nSPS) is 12.0. The lowest BCUT2D eigenvalue weighted by atomic mass is 10.0. The molecule has 0 aliphatic heterocycles. The number of carbonyl (C=O) groups is 2. The van der Waals surface area contributed by atoms with E-state index < -0.39 is 11.9 Å². The molecule has 2 aromatic rings. The van der Waals surface area contributed by atoms with E-state index in [1.807, 2.05) is 31.2 Å². The number of benzene rings is 1. The molecule has 0 bridgehead atoms. The number of carboxylic acids is 1. The van der Waals surface area contributed by atoms with Gasteiger partial charge in [0.15, 0.2) is 5.76 Å². The Morgan fingerprint density at radius 2 is 1.83 bits per heavy atom. The smallest absolute Gasteiger partial charge is 0.339 e. The molecule has 23 heavy (non-hydrogen) atoms. The minimum atomic E-state index is -1.09. The zero-order chi connectivity index (χ0) is 17.0. The number of aromatic carboxylic acids is 1. The average molecular weight is 315 g/mol. The Morgan fingerprint density at radius 1 is 1.17 bits per heavy atom. The summed E-state index contributed by atoms with van der Waals surface area (Å²) in [5.41, 5.74) is 2.26. The third-order valence-electron chi connectivity index (χ3n) is 3.82. The molecule has 1 aromatic heterocycles. The van der Waals surface area contributed by atoms with Crippen LogP contribution >= 0.6 is 0 Å². The van der Waals surface area contributed by atoms with Gasteiger partial charge in [-0.1, -0.05) is 38.1 Å². The number of carbonyl (C=O) groups excluding carboxylic acids is 1. The second-order valence-electron chi connectivity index (χ2n) is 5.40. The van der Waals surface area contributed by atoms with Crippen molar-refractivity contribution in [3.63, 3.8) is 0 Å². The predicted molar refractivity (Wildman–Crippen MR) is 86.7 cm³/mol. The van der Waals surface area contributed by atoms with Crippen molar-refractivity contribution in [2.45, 2.75) is 39.7 Å². The van der Waals surface area contributed by atoms with Gasteiger partial charge in [0.25, 0.3) is 5.91 Å². The van der Waals surface area contributed by atoms with Crippen molar-refractivity contribution in [1.29, 1.82) is 0 Å². The van der Waals surface area contributed by atoms with Crippen LogP contribution in [0.2, 0.25) is 0 Å². The highest BCUT2D eigenvalue weighted by atomic mass is 16.4. The summed E-state index contributed by atoms with van der Waals surface area (Å²) < 4.78 is 5.37. The first kappa shape index (κ1) is 16.8. The fourth-order valence-electron chi connectivity index (χ4n) is 2.38. The van der Waals surface area contributed by atoms with Crippen LogP contribution in [0.4, 0.5) is 0 Å². The lowest BCUT2D eigenvalue weighted by molar-refractivity contribution is 0.0694. The Hall–Kier alpha value is -2.56. The Balaban J connectivity index is 2.12. The third-order valence-corrected chi connectivity index (χ3v) is 3.82. The Bertz CT molecular complexity index is 700. The molecule has 2 N–H and O–H groups in total. The summed E-state index contributed by atoms with van der Waals surface area (Å²) in [4.78, 5) is 23.4. The Labute approximate surface area is 135 Å². The SMILES string of the molecule is CCc1ccc(C(C)NC(=O)c2cc(C(=O)O)c(CC)o2)cc1. The first-order valence-corrected chi connectivity index (χ1v) is 7.71. The van der Waals surface area contributed by atoms with Gasteiger partial charge >= 0.3 is 5.97 Å². The van der Waals surface area contributed by atoms with Gasteiger partial charge in [-0.2, -0.15) is 0 Å². The summed E-state index contributed by atoms with van der Waals surface area (Å²) in [6, 6.07) is 9.10. The molecular formula is C18H21NO4. The third kappa shape index (κ3) is 3.80. The quantitative estimate of drug-likeness (QED) is 0.853. The van der Waals surface area contributed by atoms with E-state index in [1.54, 1.807) is 6.92 Å². The molecule has 0 radical (unpaired) electrons. The molecule has 1 aromatic carbocycles. The predicted octanol–water partition coefficient (Wildman–Crippen LogP) is 3.59. The van der Waals surface area contributed by atoms with Crippen molar-refractivity contribution in [2.75, 3.05) is 0 Å². The van der Waals surface area contributed by atoms with E-state index in [2.05, 4.69) is 12.2 Å². The number of amides is 1. The van der Waals surface area contributed by atoms with E-state index in [9.17, 15) is 9.59 Å². The maximum absolute atomic E-state index is 12.3. The summed E-state index contributed by atoms with van der Waals surface area (Å²) in [6.07, 6.45) is 1.38. The first-order chi connectivity index (χ1) is 11.0. The van der Waals surface area contributed by atoms with Crippen LogP contribution in [0.3, 0.4) is 0 Å². The van der Waals surface area contributed by atoms with Gasteiger partial charge in [0.2, 0.25) is 0 Å². The second kappa shape index (κ2) is 7.13. The van der Waals surface area contributed by atoms with E-state index in [4.69, 9.17) is 9.52 Å². The van der Waals surface area contributed by atoms with E-state index in [-0.39, 0.29) is 17.4 Å². The van der Waals surface area contributed by atoms with E-state index in [1.165, 1.54) is 11.6 Å². The molecule has 0 spiro atoms. The van der Waals surface area contributed by atoms with Crippen molar-refractivity contribution in [3.05, 3.63) is 58.5 Å². The highest BCUT2D eigenvalue weighted by molar-refractivity contribution is 5.96. The number of furan rings is 1. The van der Waals surface area contributed by atoms with Gasteiger partial charge in [-0.3, -0.25) is 4.79 Å². The highest BCUT2D eigenvalue weighted by Gasteiger charge is 2.21. The van der Waals surface area contributed by atoms with Crippen LogP contribution in [-0.4, -0.2) is 17.0 Å². The molecule has 0 saturated carbocycles. The molecule has 0 aliphatic rings. The maximum Gasteiger partial charge on any atom is 0.339 e. The molecule has 5 nitrogen and oxygen atoms in total. The zero-order valence-electron chi connectivity index (χ0n) is 13.6. The van der Waals surface area contributed by atoms with E-state index in [0.29, 0.717) is 12.2 Å². The van der Waals surface area contributed by atoms with Crippen LogP contribution in [-0.2, 0) is 12.8 Å². The van der Waals surface area contributed by atoms with Crippen LogP contribution in [0.15, 0.2) is 34.7 Å². The Morgan fingerprint density at radius 3 is 2.30 bits per heavy atom. The van der Waals surface area contributed by atoms with Crippen molar-refractivity contribution >= 4 is 11.9 Å². The summed E-state index contributed by atoms with van der Waals surface area (Å²) in [6.45, 7) is 5.74. The summed E-state index contributed by atoms with van der Waals surface area (Å²) in [5.74, 6) is -1.17. The molecule has 1 atom stereocenters. The monoisotopic (exact) mass is 315 g/mol. The van der Waals surface area contributed by atoms with Crippen LogP contribution in [0, 0.1) is 0 Å². The minimum Gasteiger partial charge on any atom is -0.478 e. The number of hydrogen-bond donors (Lipinski definition) is 2. The van der Waals surface area contributed by atoms with Crippen LogP contribution < -0.4 is 5.32 Å². The van der Waals surface area contributed by atoms with E-state index >= 15 is 0 Å². The van der Waals surface area contributed by atoms with Crippen LogP contribution in [0.25, 0.3) is 0 Å². The van der Waals surface area contributed by atoms with Gasteiger partial charge in [0.05, 0.1) is 6.04 Å². The molecular weight excluding hydrogens is 294 g/mol. The van der Waals surface area contributed by atoms with Gasteiger partial charge in [0.1, 0.15) is 11.3 Å². The van der Waals surface area contributed by atoms with Crippen molar-refractivity contribution in [2.24, 2.45) is 0 Å². The van der Waals surface area contributed by atoms with Crippen LogP contribution in [0.5, 0.6) is 0 Å². The molecule has 0 saturated heterocycles. The standard InChI is InChI=1S/C18H21NO4/c1-4-12-6-8-13(9-7-12)11(3)19-17(20)16-10-14(18(21)22)15(5-2)23-16/h6-11H,4-5H2,1-3H3,(H,19,20)(H,21,22). The number of rotatable bonds is 6. The van der Waals surface area contributed by atoms with Gasteiger partial charge in [0, 0.05) is 12.5 Å². The second-order valence-corrected chi connectivity index (χ2v) is 5.40. The number of hydrogen-bond acceptors (Lipinski definition) is 3. The molecule has 1 unspecified atom stereocenters. The minimum absolute atomic E-state index is 0.0243. The van der Waals surface area contributed by atoms with Gasteiger partial charge < -0.3 is 14.8 Å². The zero-order valence-corrected chi connectivity index (χ0v) is 13.6. The topological polar surface area (TPSA) is 79.5 Å². The number of nitrogens with one attached hydrogen (secondary N) is 1. The molecule has 2 rings (SSSR count). The van der Waals surface area contributed by atoms with E-state index in [0.717, 1.165) is 12.0 Å². The van der Waals surface area contributed by atoms with Crippen LogP contribution in [0.1, 0.15) is 64.6 Å². The summed E-state index contributed by atoms with van der Waals surface area (Å²) in [7, 11) is 0. The Kier molecular flexibility index (Phi) is 5.21. The van der Waals surface area contributed by atoms with Crippen molar-refractivity contribution in [1.82, 2.24) is 5.32 Å². The molecule has 1 heterocycles. The number of aryl methyl sites for hydroxylation is 2. The molecule has 122 valence electrons. The van der Waals surface area contributed by atoms with Gasteiger partial charge in [-0.05, 0) is 24.5 Å². The number of carboxylic acid groups (broad SMARTS) is 1. The maximum atomic E-state index is 12.3. The lowest BCUT2D eigenvalue weighted by Gasteiger charge is -2.13.